The molecule has 150 valence electrons. The SMILES string of the molecule is COC(=O)c1ccc2c(c1)-c1nc(-c3ncc(-c4ccccc4Cl)[nH]3)cn1CCO2. The largest absolute Gasteiger partial charge is 0.491 e. The van der Waals surface area contributed by atoms with E-state index in [-0.39, 0.29) is 0 Å². The number of carbonyl (C=O) groups excluding carboxylic acids is 1. The smallest absolute Gasteiger partial charge is 0.337 e. The first-order valence-corrected chi connectivity index (χ1v) is 9.75. The van der Waals surface area contributed by atoms with E-state index in [1.807, 2.05) is 35.0 Å². The Morgan fingerprint density at radius 2 is 2.10 bits per heavy atom. The van der Waals surface area contributed by atoms with Crippen LogP contribution in [0.3, 0.4) is 0 Å². The summed E-state index contributed by atoms with van der Waals surface area (Å²) in [5.41, 5.74) is 3.56. The predicted molar refractivity (Wildman–Crippen MR) is 113 cm³/mol. The Morgan fingerprint density at radius 1 is 1.23 bits per heavy atom. The quantitative estimate of drug-likeness (QED) is 0.495. The lowest BCUT2D eigenvalue weighted by Crippen LogP contribution is -2.04. The normalized spacial score (nSPS) is 12.5. The van der Waals surface area contributed by atoms with Crippen LogP contribution in [0.15, 0.2) is 54.9 Å². The summed E-state index contributed by atoms with van der Waals surface area (Å²) in [5.74, 6) is 1.61. The van der Waals surface area contributed by atoms with Gasteiger partial charge in [0, 0.05) is 16.8 Å². The molecule has 1 aliphatic heterocycles. The summed E-state index contributed by atoms with van der Waals surface area (Å²) >= 11 is 6.30. The summed E-state index contributed by atoms with van der Waals surface area (Å²) in [6.45, 7) is 1.12. The molecule has 7 nitrogen and oxygen atoms in total. The van der Waals surface area contributed by atoms with E-state index in [1.54, 1.807) is 24.4 Å². The van der Waals surface area contributed by atoms with Crippen molar-refractivity contribution in [3.8, 4) is 39.9 Å². The molecule has 0 aliphatic carbocycles. The number of aromatic amines is 1. The van der Waals surface area contributed by atoms with Crippen LogP contribution in [0.4, 0.5) is 0 Å². The molecule has 0 radical (unpaired) electrons. The number of halogens is 1. The average molecular weight is 421 g/mol. The minimum Gasteiger partial charge on any atom is -0.491 e. The Hall–Kier alpha value is -3.58. The summed E-state index contributed by atoms with van der Waals surface area (Å²) in [7, 11) is 1.36. The number of H-pyrrole nitrogens is 1. The number of hydrogen-bond donors (Lipinski definition) is 1. The van der Waals surface area contributed by atoms with Crippen molar-refractivity contribution in [1.29, 1.82) is 0 Å². The third kappa shape index (κ3) is 3.13. The first-order valence-electron chi connectivity index (χ1n) is 9.37. The van der Waals surface area contributed by atoms with E-state index in [0.717, 1.165) is 16.8 Å². The van der Waals surface area contributed by atoms with Crippen molar-refractivity contribution in [3.05, 3.63) is 65.4 Å². The lowest BCUT2D eigenvalue weighted by molar-refractivity contribution is 0.0600. The van der Waals surface area contributed by atoms with Crippen molar-refractivity contribution in [2.24, 2.45) is 0 Å². The molecule has 0 amide bonds. The highest BCUT2D eigenvalue weighted by Crippen LogP contribution is 2.35. The van der Waals surface area contributed by atoms with Gasteiger partial charge in [-0.25, -0.2) is 14.8 Å². The van der Waals surface area contributed by atoms with Gasteiger partial charge in [0.05, 0.1) is 36.7 Å². The van der Waals surface area contributed by atoms with Gasteiger partial charge in [-0.05, 0) is 24.3 Å². The van der Waals surface area contributed by atoms with Gasteiger partial charge in [-0.15, -0.1) is 0 Å². The van der Waals surface area contributed by atoms with E-state index in [4.69, 9.17) is 26.1 Å². The third-order valence-corrected chi connectivity index (χ3v) is 5.32. The lowest BCUT2D eigenvalue weighted by atomic mass is 10.1. The summed E-state index contributed by atoms with van der Waals surface area (Å²) in [6, 6.07) is 12.8. The molecule has 5 rings (SSSR count). The van der Waals surface area contributed by atoms with Crippen LogP contribution in [0.5, 0.6) is 5.75 Å². The number of fused-ring (bicyclic) bond motifs is 3. The Kier molecular flexibility index (Phi) is 4.52. The van der Waals surface area contributed by atoms with E-state index >= 15 is 0 Å². The number of benzene rings is 2. The molecule has 4 aromatic rings. The number of imidazole rings is 2. The zero-order chi connectivity index (χ0) is 20.7. The minimum absolute atomic E-state index is 0.407. The van der Waals surface area contributed by atoms with Gasteiger partial charge in [0.15, 0.2) is 5.82 Å². The molecule has 0 spiro atoms. The molecule has 2 aromatic heterocycles. The van der Waals surface area contributed by atoms with E-state index in [1.165, 1.54) is 7.11 Å². The highest BCUT2D eigenvalue weighted by molar-refractivity contribution is 6.33. The zero-order valence-corrected chi connectivity index (χ0v) is 16.8. The summed E-state index contributed by atoms with van der Waals surface area (Å²) in [5, 5.41) is 0.648. The van der Waals surface area contributed by atoms with Gasteiger partial charge in [-0.1, -0.05) is 29.8 Å². The van der Waals surface area contributed by atoms with E-state index < -0.39 is 5.97 Å². The van der Waals surface area contributed by atoms with Crippen molar-refractivity contribution in [2.45, 2.75) is 6.54 Å². The van der Waals surface area contributed by atoms with Gasteiger partial charge in [0.1, 0.15) is 23.9 Å². The Bertz CT molecular complexity index is 1260. The number of methoxy groups -OCH3 is 1. The number of ether oxygens (including phenoxy) is 2. The Morgan fingerprint density at radius 3 is 2.93 bits per heavy atom. The molecular weight excluding hydrogens is 404 g/mol. The predicted octanol–water partition coefficient (Wildman–Crippen LogP) is 4.44. The molecule has 0 saturated carbocycles. The van der Waals surface area contributed by atoms with Crippen molar-refractivity contribution < 1.29 is 14.3 Å². The van der Waals surface area contributed by atoms with Crippen LogP contribution < -0.4 is 4.74 Å². The number of nitrogens with zero attached hydrogens (tertiary/aromatic N) is 3. The van der Waals surface area contributed by atoms with Crippen molar-refractivity contribution in [2.75, 3.05) is 13.7 Å². The second-order valence-electron chi connectivity index (χ2n) is 6.82. The molecule has 0 bridgehead atoms. The first-order chi connectivity index (χ1) is 14.6. The fourth-order valence-corrected chi connectivity index (χ4v) is 3.75. The highest BCUT2D eigenvalue weighted by atomic mass is 35.5. The average Bonchev–Trinajstić information content (AvgIpc) is 3.38. The van der Waals surface area contributed by atoms with Crippen LogP contribution in [-0.2, 0) is 11.3 Å². The second-order valence-corrected chi connectivity index (χ2v) is 7.23. The number of aromatic nitrogens is 4. The standard InChI is InChI=1S/C22H17ClN4O3/c1-29-22(28)13-6-7-19-15(10-13)21-26-18(12-27(21)8-9-30-19)20-24-11-17(25-20)14-4-2-3-5-16(14)23/h2-7,10-12H,8-9H2,1H3,(H,24,25). The van der Waals surface area contributed by atoms with Gasteiger partial charge in [-0.2, -0.15) is 0 Å². The number of hydrogen-bond acceptors (Lipinski definition) is 5. The molecule has 1 N–H and O–H groups in total. The molecule has 2 aromatic carbocycles. The maximum absolute atomic E-state index is 12.0. The zero-order valence-electron chi connectivity index (χ0n) is 16.1. The number of nitrogens with one attached hydrogen (secondary N) is 1. The van der Waals surface area contributed by atoms with Crippen molar-refractivity contribution >= 4 is 17.6 Å². The van der Waals surface area contributed by atoms with Gasteiger partial charge in [0.25, 0.3) is 0 Å². The van der Waals surface area contributed by atoms with Crippen LogP contribution in [0.2, 0.25) is 5.02 Å². The molecule has 3 heterocycles. The van der Waals surface area contributed by atoms with E-state index in [9.17, 15) is 4.79 Å². The molecule has 8 heteroatoms. The molecular formula is C22H17ClN4O3. The number of esters is 1. The minimum atomic E-state index is -0.407. The molecule has 0 atom stereocenters. The molecule has 30 heavy (non-hydrogen) atoms. The van der Waals surface area contributed by atoms with Crippen molar-refractivity contribution in [1.82, 2.24) is 19.5 Å². The number of rotatable bonds is 3. The van der Waals surface area contributed by atoms with Crippen LogP contribution in [-0.4, -0.2) is 39.2 Å². The van der Waals surface area contributed by atoms with E-state index in [0.29, 0.717) is 46.8 Å². The van der Waals surface area contributed by atoms with Crippen LogP contribution in [0.25, 0.3) is 34.2 Å². The lowest BCUT2D eigenvalue weighted by Gasteiger charge is -2.07. The van der Waals surface area contributed by atoms with Gasteiger partial charge >= 0.3 is 5.97 Å². The van der Waals surface area contributed by atoms with E-state index in [2.05, 4.69) is 9.97 Å². The third-order valence-electron chi connectivity index (χ3n) is 4.99. The summed E-state index contributed by atoms with van der Waals surface area (Å²) < 4.78 is 12.7. The molecule has 0 fully saturated rings. The fourth-order valence-electron chi connectivity index (χ4n) is 3.51. The molecule has 0 unspecified atom stereocenters. The topological polar surface area (TPSA) is 82.0 Å². The summed E-state index contributed by atoms with van der Waals surface area (Å²) in [4.78, 5) is 24.5. The Balaban J connectivity index is 1.57. The Labute approximate surface area is 177 Å². The fraction of sp³-hybridized carbons (Fsp3) is 0.136. The maximum atomic E-state index is 12.0. The van der Waals surface area contributed by atoms with Gasteiger partial charge in [-0.3, -0.25) is 0 Å². The van der Waals surface area contributed by atoms with Gasteiger partial charge in [0.2, 0.25) is 0 Å². The molecule has 1 aliphatic rings. The van der Waals surface area contributed by atoms with Crippen LogP contribution >= 0.6 is 11.6 Å². The number of carbonyl (C=O) groups is 1. The first kappa shape index (κ1) is 18.4. The van der Waals surface area contributed by atoms with Crippen LogP contribution in [0, 0.1) is 0 Å². The van der Waals surface area contributed by atoms with Crippen LogP contribution in [0.1, 0.15) is 10.4 Å². The van der Waals surface area contributed by atoms with Crippen molar-refractivity contribution in [3.63, 3.8) is 0 Å². The maximum Gasteiger partial charge on any atom is 0.337 e. The highest BCUT2D eigenvalue weighted by Gasteiger charge is 2.22. The summed E-state index contributed by atoms with van der Waals surface area (Å²) in [6.07, 6.45) is 3.67. The molecule has 0 saturated heterocycles. The van der Waals surface area contributed by atoms with Gasteiger partial charge < -0.3 is 19.0 Å². The monoisotopic (exact) mass is 420 g/mol. The second kappa shape index (κ2) is 7.35.